The van der Waals surface area contributed by atoms with E-state index in [0.29, 0.717) is 0 Å². The largest absolute Gasteiger partial charge is 0.468 e. The molecular formula is C14H17BrN2O. The van der Waals surface area contributed by atoms with Crippen molar-refractivity contribution < 1.29 is 4.42 Å². The Morgan fingerprint density at radius 3 is 2.89 bits per heavy atom. The first-order valence-electron chi connectivity index (χ1n) is 5.94. The van der Waals surface area contributed by atoms with Crippen molar-refractivity contribution in [2.45, 2.75) is 6.54 Å². The molecule has 0 fully saturated rings. The average molecular weight is 309 g/mol. The lowest BCUT2D eigenvalue weighted by atomic mass is 10.3. The standard InChI is InChI=1S/C14H17BrN2O/c1-17(11-14-6-3-9-18-14)8-7-16-13-5-2-4-12(15)10-13/h2-6,9-10,16H,7-8,11H2,1H3. The first kappa shape index (κ1) is 13.2. The van der Waals surface area contributed by atoms with Crippen molar-refractivity contribution in [1.82, 2.24) is 4.90 Å². The maximum absolute atomic E-state index is 5.32. The number of nitrogens with zero attached hydrogens (tertiary/aromatic N) is 1. The lowest BCUT2D eigenvalue weighted by molar-refractivity contribution is 0.305. The molecule has 0 bridgehead atoms. The maximum Gasteiger partial charge on any atom is 0.117 e. The summed E-state index contributed by atoms with van der Waals surface area (Å²) in [5, 5.41) is 3.39. The van der Waals surface area contributed by atoms with Gasteiger partial charge in [-0.3, -0.25) is 4.90 Å². The van der Waals surface area contributed by atoms with Gasteiger partial charge in [-0.15, -0.1) is 0 Å². The van der Waals surface area contributed by atoms with Crippen LogP contribution in [0.25, 0.3) is 0 Å². The van der Waals surface area contributed by atoms with Gasteiger partial charge in [-0.2, -0.15) is 0 Å². The van der Waals surface area contributed by atoms with Gasteiger partial charge in [0.1, 0.15) is 5.76 Å². The van der Waals surface area contributed by atoms with Crippen LogP contribution in [0, 0.1) is 0 Å². The van der Waals surface area contributed by atoms with Crippen molar-refractivity contribution in [2.24, 2.45) is 0 Å². The van der Waals surface area contributed by atoms with E-state index < -0.39 is 0 Å². The van der Waals surface area contributed by atoms with Crippen LogP contribution < -0.4 is 5.32 Å². The number of nitrogens with one attached hydrogen (secondary N) is 1. The Morgan fingerprint density at radius 1 is 1.28 bits per heavy atom. The Bertz CT molecular complexity index is 470. The van der Waals surface area contributed by atoms with Crippen LogP contribution in [0.2, 0.25) is 0 Å². The van der Waals surface area contributed by atoms with Gasteiger partial charge in [-0.1, -0.05) is 22.0 Å². The number of furan rings is 1. The molecule has 0 aliphatic rings. The summed E-state index contributed by atoms with van der Waals surface area (Å²) in [6.07, 6.45) is 1.71. The zero-order chi connectivity index (χ0) is 12.8. The van der Waals surface area contributed by atoms with Gasteiger partial charge in [0, 0.05) is 23.2 Å². The van der Waals surface area contributed by atoms with Crippen molar-refractivity contribution in [1.29, 1.82) is 0 Å². The predicted molar refractivity (Wildman–Crippen MR) is 77.7 cm³/mol. The topological polar surface area (TPSA) is 28.4 Å². The molecule has 0 saturated heterocycles. The zero-order valence-corrected chi connectivity index (χ0v) is 12.0. The molecule has 0 aliphatic heterocycles. The van der Waals surface area contributed by atoms with E-state index in [4.69, 9.17) is 4.42 Å². The molecule has 1 N–H and O–H groups in total. The van der Waals surface area contributed by atoms with E-state index in [1.54, 1.807) is 6.26 Å². The lowest BCUT2D eigenvalue weighted by Crippen LogP contribution is -2.24. The molecule has 0 saturated carbocycles. The summed E-state index contributed by atoms with van der Waals surface area (Å²) in [6.45, 7) is 2.72. The quantitative estimate of drug-likeness (QED) is 0.884. The van der Waals surface area contributed by atoms with Crippen LogP contribution in [0.1, 0.15) is 5.76 Å². The van der Waals surface area contributed by atoms with Crippen molar-refractivity contribution in [2.75, 3.05) is 25.5 Å². The van der Waals surface area contributed by atoms with E-state index in [-0.39, 0.29) is 0 Å². The van der Waals surface area contributed by atoms with Gasteiger partial charge in [-0.05, 0) is 37.4 Å². The second kappa shape index (κ2) is 6.61. The molecule has 0 aliphatic carbocycles. The molecule has 2 aromatic rings. The Balaban J connectivity index is 1.72. The fourth-order valence-electron chi connectivity index (χ4n) is 1.74. The summed E-state index contributed by atoms with van der Waals surface area (Å²) in [4.78, 5) is 2.23. The number of hydrogen-bond donors (Lipinski definition) is 1. The van der Waals surface area contributed by atoms with Crippen molar-refractivity contribution in [3.63, 3.8) is 0 Å². The Morgan fingerprint density at radius 2 is 2.17 bits per heavy atom. The van der Waals surface area contributed by atoms with Crippen LogP contribution in [0.5, 0.6) is 0 Å². The summed E-state index contributed by atoms with van der Waals surface area (Å²) in [5.41, 5.74) is 1.13. The number of benzene rings is 1. The van der Waals surface area contributed by atoms with Crippen LogP contribution in [0.4, 0.5) is 5.69 Å². The first-order chi connectivity index (χ1) is 8.74. The van der Waals surface area contributed by atoms with Crippen molar-refractivity contribution in [3.05, 3.63) is 52.9 Å². The van der Waals surface area contributed by atoms with Crippen molar-refractivity contribution in [3.8, 4) is 0 Å². The van der Waals surface area contributed by atoms with Crippen LogP contribution in [0.3, 0.4) is 0 Å². The second-order valence-corrected chi connectivity index (χ2v) is 5.17. The first-order valence-corrected chi connectivity index (χ1v) is 6.74. The second-order valence-electron chi connectivity index (χ2n) is 4.25. The lowest BCUT2D eigenvalue weighted by Gasteiger charge is -2.16. The molecule has 0 amide bonds. The summed E-state index contributed by atoms with van der Waals surface area (Å²) in [7, 11) is 2.09. The summed E-state index contributed by atoms with van der Waals surface area (Å²) in [5.74, 6) is 1.000. The fraction of sp³-hybridized carbons (Fsp3) is 0.286. The maximum atomic E-state index is 5.32. The van der Waals surface area contributed by atoms with Gasteiger partial charge in [0.15, 0.2) is 0 Å². The van der Waals surface area contributed by atoms with Crippen LogP contribution in [-0.4, -0.2) is 25.0 Å². The molecule has 2 rings (SSSR count). The highest BCUT2D eigenvalue weighted by Crippen LogP contribution is 2.15. The molecule has 0 atom stereocenters. The molecule has 4 heteroatoms. The highest BCUT2D eigenvalue weighted by Gasteiger charge is 2.02. The molecule has 1 aromatic carbocycles. The summed E-state index contributed by atoms with van der Waals surface area (Å²) < 4.78 is 6.41. The minimum atomic E-state index is 0.840. The highest BCUT2D eigenvalue weighted by molar-refractivity contribution is 9.10. The van der Waals surface area contributed by atoms with Crippen LogP contribution in [0.15, 0.2) is 51.6 Å². The van der Waals surface area contributed by atoms with E-state index in [2.05, 4.69) is 45.3 Å². The van der Waals surface area contributed by atoms with Crippen LogP contribution >= 0.6 is 15.9 Å². The van der Waals surface area contributed by atoms with E-state index in [1.165, 1.54) is 0 Å². The predicted octanol–water partition coefficient (Wildman–Crippen LogP) is 3.59. The molecule has 0 unspecified atom stereocenters. The fourth-order valence-corrected chi connectivity index (χ4v) is 2.14. The third-order valence-corrected chi connectivity index (χ3v) is 3.15. The monoisotopic (exact) mass is 308 g/mol. The van der Waals surface area contributed by atoms with Gasteiger partial charge in [0.25, 0.3) is 0 Å². The Kier molecular flexibility index (Phi) is 4.84. The number of rotatable bonds is 6. The molecule has 0 spiro atoms. The van der Waals surface area contributed by atoms with Crippen molar-refractivity contribution >= 4 is 21.6 Å². The molecule has 3 nitrogen and oxygen atoms in total. The molecule has 96 valence electrons. The minimum Gasteiger partial charge on any atom is -0.468 e. The number of halogens is 1. The number of likely N-dealkylation sites (N-methyl/N-ethyl adjacent to an activating group) is 1. The van der Waals surface area contributed by atoms with E-state index >= 15 is 0 Å². The number of hydrogen-bond acceptors (Lipinski definition) is 3. The van der Waals surface area contributed by atoms with E-state index in [1.807, 2.05) is 24.3 Å². The smallest absolute Gasteiger partial charge is 0.117 e. The molecule has 1 aromatic heterocycles. The van der Waals surface area contributed by atoms with E-state index in [0.717, 1.165) is 35.6 Å². The van der Waals surface area contributed by atoms with Gasteiger partial charge >= 0.3 is 0 Å². The van der Waals surface area contributed by atoms with E-state index in [9.17, 15) is 0 Å². The van der Waals surface area contributed by atoms with Gasteiger partial charge in [-0.25, -0.2) is 0 Å². The highest BCUT2D eigenvalue weighted by atomic mass is 79.9. The average Bonchev–Trinajstić information content (AvgIpc) is 2.82. The van der Waals surface area contributed by atoms with Crippen LogP contribution in [-0.2, 0) is 6.54 Å². The third-order valence-electron chi connectivity index (χ3n) is 2.65. The summed E-state index contributed by atoms with van der Waals surface area (Å²) >= 11 is 3.46. The molecule has 18 heavy (non-hydrogen) atoms. The minimum absolute atomic E-state index is 0.840. The van der Waals surface area contributed by atoms with Gasteiger partial charge in [0.05, 0.1) is 12.8 Å². The number of anilines is 1. The zero-order valence-electron chi connectivity index (χ0n) is 10.4. The molecule has 1 heterocycles. The Hall–Kier alpha value is -1.26. The Labute approximate surface area is 116 Å². The third kappa shape index (κ3) is 4.20. The SMILES string of the molecule is CN(CCNc1cccc(Br)c1)Cc1ccco1. The van der Waals surface area contributed by atoms with Gasteiger partial charge in [0.2, 0.25) is 0 Å². The van der Waals surface area contributed by atoms with Gasteiger partial charge < -0.3 is 9.73 Å². The molecule has 0 radical (unpaired) electrons. The summed E-state index contributed by atoms with van der Waals surface area (Å²) in [6, 6.07) is 12.1. The molecular weight excluding hydrogens is 292 g/mol. The normalized spacial score (nSPS) is 10.8.